The first-order chi connectivity index (χ1) is 13.9. The van der Waals surface area contributed by atoms with Gasteiger partial charge in [0.2, 0.25) is 0 Å². The first kappa shape index (κ1) is 18.7. The van der Waals surface area contributed by atoms with Crippen LogP contribution in [0.3, 0.4) is 0 Å². The topological polar surface area (TPSA) is 81.3 Å². The number of hydrogen-bond acceptors (Lipinski definition) is 4. The van der Waals surface area contributed by atoms with Crippen molar-refractivity contribution in [3.8, 4) is 5.69 Å². The van der Waals surface area contributed by atoms with E-state index in [0.717, 1.165) is 25.0 Å². The molecule has 2 aromatic carbocycles. The van der Waals surface area contributed by atoms with Gasteiger partial charge in [-0.05, 0) is 31.0 Å². The molecular formula is C20H16F2N4O3. The van der Waals surface area contributed by atoms with Crippen LogP contribution in [0.5, 0.6) is 0 Å². The fourth-order valence-electron chi connectivity index (χ4n) is 3.17. The van der Waals surface area contributed by atoms with Crippen LogP contribution in [-0.2, 0) is 6.54 Å². The van der Waals surface area contributed by atoms with Gasteiger partial charge in [-0.2, -0.15) is 0 Å². The van der Waals surface area contributed by atoms with Crippen LogP contribution in [0.2, 0.25) is 0 Å². The predicted octanol–water partition coefficient (Wildman–Crippen LogP) is 3.86. The summed E-state index contributed by atoms with van der Waals surface area (Å²) in [5.74, 6) is -1.86. The summed E-state index contributed by atoms with van der Waals surface area (Å²) in [6.45, 7) is -0.0350. The molecule has 9 heteroatoms. The first-order valence-electron chi connectivity index (χ1n) is 8.95. The number of aromatic nitrogens is 2. The summed E-state index contributed by atoms with van der Waals surface area (Å²) in [6.07, 6.45) is 6.03. The van der Waals surface area contributed by atoms with Crippen molar-refractivity contribution in [3.05, 3.63) is 88.0 Å². The van der Waals surface area contributed by atoms with Gasteiger partial charge in [-0.3, -0.25) is 14.9 Å². The normalized spacial score (nSPS) is 13.3. The molecule has 1 saturated carbocycles. The molecule has 0 N–H and O–H groups in total. The van der Waals surface area contributed by atoms with Crippen molar-refractivity contribution in [2.24, 2.45) is 0 Å². The number of carbonyl (C=O) groups is 1. The number of hydrogen-bond donors (Lipinski definition) is 0. The fraction of sp³-hybridized carbons (Fsp3) is 0.200. The standard InChI is InChI=1S/C20H16F2N4O3/c21-15-3-1-14(17(22)10-15)11-25(16-4-5-16)20(27)13-2-6-18(19(9-13)26(28)29)24-8-7-23-12-24/h1-3,6-10,12,16H,4-5,11H2. The van der Waals surface area contributed by atoms with Gasteiger partial charge in [0.15, 0.2) is 0 Å². The quantitative estimate of drug-likeness (QED) is 0.466. The predicted molar refractivity (Wildman–Crippen MR) is 99.5 cm³/mol. The minimum absolute atomic E-state index is 0.0350. The van der Waals surface area contributed by atoms with Gasteiger partial charge in [0.1, 0.15) is 17.3 Å². The Hall–Kier alpha value is -3.62. The van der Waals surface area contributed by atoms with Crippen LogP contribution in [0.25, 0.3) is 5.69 Å². The van der Waals surface area contributed by atoms with Crippen molar-refractivity contribution >= 4 is 11.6 Å². The number of nitro groups is 1. The molecule has 1 aliphatic carbocycles. The zero-order valence-corrected chi connectivity index (χ0v) is 15.2. The van der Waals surface area contributed by atoms with Crippen molar-refractivity contribution in [2.75, 3.05) is 0 Å². The third-order valence-electron chi connectivity index (χ3n) is 4.81. The number of nitro benzene ring substituents is 1. The molecule has 0 atom stereocenters. The van der Waals surface area contributed by atoms with Gasteiger partial charge in [0.05, 0.1) is 11.3 Å². The highest BCUT2D eigenvalue weighted by molar-refractivity contribution is 5.95. The van der Waals surface area contributed by atoms with Crippen LogP contribution in [-0.4, -0.2) is 31.3 Å². The Morgan fingerprint density at radius 1 is 1.24 bits per heavy atom. The van der Waals surface area contributed by atoms with Crippen LogP contribution < -0.4 is 0 Å². The molecule has 3 aromatic rings. The van der Waals surface area contributed by atoms with Crippen LogP contribution in [0.1, 0.15) is 28.8 Å². The third-order valence-corrected chi connectivity index (χ3v) is 4.81. The number of benzene rings is 2. The second-order valence-corrected chi connectivity index (χ2v) is 6.83. The maximum Gasteiger partial charge on any atom is 0.294 e. The summed E-state index contributed by atoms with van der Waals surface area (Å²) < 4.78 is 28.7. The van der Waals surface area contributed by atoms with E-state index >= 15 is 0 Å². The second-order valence-electron chi connectivity index (χ2n) is 6.83. The Morgan fingerprint density at radius 2 is 2.03 bits per heavy atom. The SMILES string of the molecule is O=C(c1ccc(-n2ccnc2)c([N+](=O)[O-])c1)N(Cc1ccc(F)cc1F)C1CC1. The number of nitrogens with zero attached hydrogens (tertiary/aromatic N) is 4. The van der Waals surface area contributed by atoms with E-state index in [2.05, 4.69) is 4.98 Å². The Labute approximate surface area is 164 Å². The van der Waals surface area contributed by atoms with Crippen molar-refractivity contribution in [1.29, 1.82) is 0 Å². The first-order valence-corrected chi connectivity index (χ1v) is 8.95. The molecule has 1 aliphatic rings. The van der Waals surface area contributed by atoms with Gasteiger partial charge in [0.25, 0.3) is 11.6 Å². The third kappa shape index (κ3) is 3.84. The summed E-state index contributed by atoms with van der Waals surface area (Å²) in [5.41, 5.74) is 0.371. The van der Waals surface area contributed by atoms with E-state index in [1.165, 1.54) is 46.3 Å². The maximum absolute atomic E-state index is 14.1. The Kier molecular flexibility index (Phi) is 4.79. The summed E-state index contributed by atoms with van der Waals surface area (Å²) in [4.78, 5) is 29.4. The minimum atomic E-state index is -0.732. The minimum Gasteiger partial charge on any atom is -0.331 e. The lowest BCUT2D eigenvalue weighted by Gasteiger charge is -2.23. The molecule has 4 rings (SSSR count). The molecule has 0 saturated heterocycles. The number of imidazole rings is 1. The van der Waals surface area contributed by atoms with Gasteiger partial charge in [-0.15, -0.1) is 0 Å². The van der Waals surface area contributed by atoms with Crippen LogP contribution in [0.4, 0.5) is 14.5 Å². The van der Waals surface area contributed by atoms with Crippen molar-refractivity contribution < 1.29 is 18.5 Å². The monoisotopic (exact) mass is 398 g/mol. The van der Waals surface area contributed by atoms with E-state index in [4.69, 9.17) is 0 Å². The van der Waals surface area contributed by atoms with Crippen molar-refractivity contribution in [3.63, 3.8) is 0 Å². The average molecular weight is 398 g/mol. The number of carbonyl (C=O) groups excluding carboxylic acids is 1. The molecule has 1 fully saturated rings. The molecule has 0 aliphatic heterocycles. The Morgan fingerprint density at radius 3 is 2.66 bits per heavy atom. The van der Waals surface area contributed by atoms with Gasteiger partial charge >= 0.3 is 0 Å². The second kappa shape index (κ2) is 7.42. The zero-order chi connectivity index (χ0) is 20.5. The number of amides is 1. The summed E-state index contributed by atoms with van der Waals surface area (Å²) in [5, 5.41) is 11.5. The highest BCUT2D eigenvalue weighted by atomic mass is 19.1. The van der Waals surface area contributed by atoms with Gasteiger partial charge in [-0.1, -0.05) is 6.07 Å². The van der Waals surface area contributed by atoms with E-state index in [1.807, 2.05) is 0 Å². The molecule has 1 heterocycles. The molecule has 0 radical (unpaired) electrons. The lowest BCUT2D eigenvalue weighted by atomic mass is 10.1. The van der Waals surface area contributed by atoms with Gasteiger partial charge in [-0.25, -0.2) is 13.8 Å². The van der Waals surface area contributed by atoms with E-state index in [1.54, 1.807) is 6.20 Å². The molecule has 0 spiro atoms. The molecule has 148 valence electrons. The van der Waals surface area contributed by atoms with Crippen molar-refractivity contribution in [2.45, 2.75) is 25.4 Å². The highest BCUT2D eigenvalue weighted by Gasteiger charge is 2.34. The van der Waals surface area contributed by atoms with Crippen LogP contribution in [0.15, 0.2) is 55.1 Å². The molecule has 1 amide bonds. The Balaban J connectivity index is 1.66. The van der Waals surface area contributed by atoms with Crippen LogP contribution >= 0.6 is 0 Å². The average Bonchev–Trinajstić information content (AvgIpc) is 3.39. The molecule has 0 unspecified atom stereocenters. The lowest BCUT2D eigenvalue weighted by Crippen LogP contribution is -2.33. The van der Waals surface area contributed by atoms with E-state index in [9.17, 15) is 23.7 Å². The summed E-state index contributed by atoms with van der Waals surface area (Å²) in [7, 11) is 0. The molecular weight excluding hydrogens is 382 g/mol. The molecule has 1 aromatic heterocycles. The largest absolute Gasteiger partial charge is 0.331 e. The molecule has 29 heavy (non-hydrogen) atoms. The van der Waals surface area contributed by atoms with Crippen molar-refractivity contribution in [1.82, 2.24) is 14.5 Å². The fourth-order valence-corrected chi connectivity index (χ4v) is 3.17. The van der Waals surface area contributed by atoms with Gasteiger partial charge in [0, 0.05) is 48.2 Å². The number of rotatable bonds is 6. The Bertz CT molecular complexity index is 1080. The summed E-state index contributed by atoms with van der Waals surface area (Å²) in [6, 6.07) is 7.34. The zero-order valence-electron chi connectivity index (χ0n) is 15.2. The van der Waals surface area contributed by atoms with E-state index < -0.39 is 22.5 Å². The molecule has 0 bridgehead atoms. The lowest BCUT2D eigenvalue weighted by molar-refractivity contribution is -0.384. The van der Waals surface area contributed by atoms with Crippen LogP contribution in [0, 0.1) is 21.7 Å². The van der Waals surface area contributed by atoms with Gasteiger partial charge < -0.3 is 9.47 Å². The van der Waals surface area contributed by atoms with E-state index in [0.29, 0.717) is 0 Å². The molecule has 7 nitrogen and oxygen atoms in total. The highest BCUT2D eigenvalue weighted by Crippen LogP contribution is 2.32. The smallest absolute Gasteiger partial charge is 0.294 e. The summed E-state index contributed by atoms with van der Waals surface area (Å²) >= 11 is 0. The number of halogens is 2. The van der Waals surface area contributed by atoms with E-state index in [-0.39, 0.29) is 35.1 Å². The maximum atomic E-state index is 14.1.